The number of nitrogens with zero attached hydrogens (tertiary/aromatic N) is 4. The Hall–Kier alpha value is -2.96. The molecular weight excluding hydrogens is 306 g/mol. The predicted octanol–water partition coefficient (Wildman–Crippen LogP) is 2.04. The highest BCUT2D eigenvalue weighted by Gasteiger charge is 2.13. The van der Waals surface area contributed by atoms with Gasteiger partial charge in [0.1, 0.15) is 17.4 Å². The fourth-order valence-electron chi connectivity index (χ4n) is 2.50. The summed E-state index contributed by atoms with van der Waals surface area (Å²) in [6.45, 7) is 6.00. The third-order valence-electron chi connectivity index (χ3n) is 3.89. The van der Waals surface area contributed by atoms with Crippen LogP contribution in [0.4, 0.5) is 0 Å². The molecule has 124 valence electrons. The van der Waals surface area contributed by atoms with E-state index in [-0.39, 0.29) is 12.3 Å². The summed E-state index contributed by atoms with van der Waals surface area (Å²) in [6.07, 6.45) is 5.58. The average molecular weight is 325 g/mol. The quantitative estimate of drug-likeness (QED) is 0.776. The van der Waals surface area contributed by atoms with Crippen molar-refractivity contribution in [3.05, 3.63) is 59.1 Å². The number of hydrogen-bond acceptors (Lipinski definition) is 5. The van der Waals surface area contributed by atoms with Crippen molar-refractivity contribution in [2.75, 3.05) is 0 Å². The van der Waals surface area contributed by atoms with Crippen molar-refractivity contribution in [3.8, 4) is 5.82 Å². The van der Waals surface area contributed by atoms with E-state index in [2.05, 4.69) is 20.4 Å². The van der Waals surface area contributed by atoms with Gasteiger partial charge in [0.15, 0.2) is 0 Å². The van der Waals surface area contributed by atoms with E-state index < -0.39 is 0 Å². The van der Waals surface area contributed by atoms with Crippen LogP contribution in [0, 0.1) is 20.8 Å². The number of aromatic nitrogens is 4. The summed E-state index contributed by atoms with van der Waals surface area (Å²) in [5, 5.41) is 6.78. The van der Waals surface area contributed by atoms with Crippen LogP contribution < -0.4 is 5.32 Å². The maximum Gasteiger partial charge on any atom is 0.224 e. The number of amides is 1. The Kier molecular flexibility index (Phi) is 4.41. The normalized spacial score (nSPS) is 10.8. The number of nitrogens with one attached hydrogen (secondary N) is 1. The zero-order chi connectivity index (χ0) is 17.1. The van der Waals surface area contributed by atoms with Gasteiger partial charge < -0.3 is 9.84 Å². The van der Waals surface area contributed by atoms with Gasteiger partial charge in [-0.1, -0.05) is 5.16 Å². The Morgan fingerprint density at radius 3 is 2.75 bits per heavy atom. The van der Waals surface area contributed by atoms with Crippen LogP contribution in [0.3, 0.4) is 0 Å². The summed E-state index contributed by atoms with van der Waals surface area (Å²) in [5.74, 6) is 2.26. The molecule has 0 radical (unpaired) electrons. The van der Waals surface area contributed by atoms with Gasteiger partial charge in [0.05, 0.1) is 12.1 Å². The van der Waals surface area contributed by atoms with Crippen molar-refractivity contribution < 1.29 is 9.32 Å². The molecule has 0 fully saturated rings. The molecule has 7 nitrogen and oxygen atoms in total. The Morgan fingerprint density at radius 2 is 2.08 bits per heavy atom. The van der Waals surface area contributed by atoms with Gasteiger partial charge in [0, 0.05) is 30.7 Å². The Labute approximate surface area is 139 Å². The Balaban J connectivity index is 1.65. The first-order chi connectivity index (χ1) is 11.5. The van der Waals surface area contributed by atoms with E-state index in [0.29, 0.717) is 12.3 Å². The van der Waals surface area contributed by atoms with Crippen molar-refractivity contribution in [2.45, 2.75) is 33.7 Å². The molecule has 0 unspecified atom stereocenters. The minimum Gasteiger partial charge on any atom is -0.361 e. The van der Waals surface area contributed by atoms with Crippen LogP contribution in [0.25, 0.3) is 5.82 Å². The Morgan fingerprint density at radius 1 is 1.25 bits per heavy atom. The number of hydrogen-bond donors (Lipinski definition) is 1. The van der Waals surface area contributed by atoms with Crippen molar-refractivity contribution >= 4 is 5.91 Å². The van der Waals surface area contributed by atoms with Crippen molar-refractivity contribution in [1.29, 1.82) is 0 Å². The van der Waals surface area contributed by atoms with E-state index in [9.17, 15) is 4.79 Å². The lowest BCUT2D eigenvalue weighted by molar-refractivity contribution is -0.120. The van der Waals surface area contributed by atoms with Gasteiger partial charge in [-0.15, -0.1) is 0 Å². The number of carbonyl (C=O) groups is 1. The second kappa shape index (κ2) is 6.66. The van der Waals surface area contributed by atoms with Gasteiger partial charge >= 0.3 is 0 Å². The van der Waals surface area contributed by atoms with Crippen LogP contribution in [-0.2, 0) is 17.8 Å². The largest absolute Gasteiger partial charge is 0.361 e. The zero-order valence-electron chi connectivity index (χ0n) is 13.9. The minimum atomic E-state index is -0.0680. The predicted molar refractivity (Wildman–Crippen MR) is 87.6 cm³/mol. The molecule has 1 amide bonds. The first-order valence-corrected chi connectivity index (χ1v) is 7.68. The SMILES string of the molecule is Cc1noc(C)c1CC(=O)NCc1ccnc(-n2ccnc2C)c1. The molecule has 0 saturated carbocycles. The number of rotatable bonds is 5. The zero-order valence-corrected chi connectivity index (χ0v) is 13.9. The van der Waals surface area contributed by atoms with Crippen LogP contribution in [0.1, 0.15) is 28.4 Å². The summed E-state index contributed by atoms with van der Waals surface area (Å²) in [7, 11) is 0. The van der Waals surface area contributed by atoms with E-state index in [1.165, 1.54) is 0 Å². The maximum atomic E-state index is 12.1. The minimum absolute atomic E-state index is 0.0680. The van der Waals surface area contributed by atoms with Gasteiger partial charge in [-0.05, 0) is 38.5 Å². The second-order valence-corrected chi connectivity index (χ2v) is 5.62. The van der Waals surface area contributed by atoms with Crippen molar-refractivity contribution in [2.24, 2.45) is 0 Å². The average Bonchev–Trinajstić information content (AvgIpc) is 3.14. The lowest BCUT2D eigenvalue weighted by Crippen LogP contribution is -2.25. The lowest BCUT2D eigenvalue weighted by atomic mass is 10.1. The number of pyridine rings is 1. The third-order valence-corrected chi connectivity index (χ3v) is 3.89. The fourth-order valence-corrected chi connectivity index (χ4v) is 2.50. The van der Waals surface area contributed by atoms with Crippen LogP contribution in [0.15, 0.2) is 35.2 Å². The molecule has 0 aliphatic heterocycles. The molecule has 1 N–H and O–H groups in total. The number of aryl methyl sites for hydroxylation is 3. The monoisotopic (exact) mass is 325 g/mol. The molecule has 3 heterocycles. The lowest BCUT2D eigenvalue weighted by Gasteiger charge is -2.08. The summed E-state index contributed by atoms with van der Waals surface area (Å²) in [5.41, 5.74) is 2.57. The molecule has 3 aromatic heterocycles. The molecule has 0 spiro atoms. The molecular formula is C17H19N5O2. The molecule has 24 heavy (non-hydrogen) atoms. The highest BCUT2D eigenvalue weighted by Crippen LogP contribution is 2.13. The molecule has 0 atom stereocenters. The molecule has 3 aromatic rings. The summed E-state index contributed by atoms with van der Waals surface area (Å²) in [6, 6.07) is 3.82. The van der Waals surface area contributed by atoms with Gasteiger partial charge in [-0.3, -0.25) is 9.36 Å². The van der Waals surface area contributed by atoms with Crippen LogP contribution in [0.5, 0.6) is 0 Å². The van der Waals surface area contributed by atoms with E-state index in [4.69, 9.17) is 4.52 Å². The molecule has 0 bridgehead atoms. The third kappa shape index (κ3) is 3.34. The van der Waals surface area contributed by atoms with Crippen LogP contribution in [0.2, 0.25) is 0 Å². The van der Waals surface area contributed by atoms with Gasteiger partial charge in [-0.25, -0.2) is 9.97 Å². The highest BCUT2D eigenvalue weighted by atomic mass is 16.5. The Bertz CT molecular complexity index is 846. The molecule has 0 saturated heterocycles. The second-order valence-electron chi connectivity index (χ2n) is 5.62. The first kappa shape index (κ1) is 15.9. The van der Waals surface area contributed by atoms with Crippen LogP contribution >= 0.6 is 0 Å². The van der Waals surface area contributed by atoms with E-state index in [0.717, 1.165) is 28.5 Å². The number of carbonyl (C=O) groups excluding carboxylic acids is 1. The summed E-state index contributed by atoms with van der Waals surface area (Å²) < 4.78 is 6.98. The topological polar surface area (TPSA) is 85.8 Å². The fraction of sp³-hybridized carbons (Fsp3) is 0.294. The first-order valence-electron chi connectivity index (χ1n) is 7.68. The van der Waals surface area contributed by atoms with E-state index in [1.807, 2.05) is 43.7 Å². The summed E-state index contributed by atoms with van der Waals surface area (Å²) >= 11 is 0. The van der Waals surface area contributed by atoms with E-state index >= 15 is 0 Å². The van der Waals surface area contributed by atoms with Gasteiger partial charge in [0.25, 0.3) is 0 Å². The van der Waals surface area contributed by atoms with Gasteiger partial charge in [-0.2, -0.15) is 0 Å². The molecule has 0 aliphatic rings. The smallest absolute Gasteiger partial charge is 0.224 e. The number of imidazole rings is 1. The highest BCUT2D eigenvalue weighted by molar-refractivity contribution is 5.79. The van der Waals surface area contributed by atoms with Crippen molar-refractivity contribution in [3.63, 3.8) is 0 Å². The molecule has 0 aliphatic carbocycles. The van der Waals surface area contributed by atoms with Crippen LogP contribution in [-0.4, -0.2) is 25.6 Å². The van der Waals surface area contributed by atoms with Crippen molar-refractivity contribution in [1.82, 2.24) is 25.0 Å². The van der Waals surface area contributed by atoms with E-state index in [1.54, 1.807) is 12.4 Å². The molecule has 0 aromatic carbocycles. The van der Waals surface area contributed by atoms with Gasteiger partial charge in [0.2, 0.25) is 5.91 Å². The molecule has 7 heteroatoms. The summed E-state index contributed by atoms with van der Waals surface area (Å²) in [4.78, 5) is 20.7. The molecule has 3 rings (SSSR count). The standard InChI is InChI=1S/C17H19N5O2/c1-11-15(12(2)24-21-11)9-17(23)20-10-14-4-5-19-16(8-14)22-7-6-18-13(22)3/h4-8H,9-10H2,1-3H3,(H,20,23). The maximum absolute atomic E-state index is 12.1.